The third-order valence-corrected chi connectivity index (χ3v) is 10.3. The molecule has 0 amide bonds. The molecular formula is C30H46O3. The second-order valence-electron chi connectivity index (χ2n) is 12.2. The maximum absolute atomic E-state index is 12.7. The fourth-order valence-corrected chi connectivity index (χ4v) is 7.80. The zero-order valence-corrected chi connectivity index (χ0v) is 21.8. The van der Waals surface area contributed by atoms with Gasteiger partial charge in [-0.05, 0) is 118 Å². The van der Waals surface area contributed by atoms with Gasteiger partial charge in [0.15, 0.2) is 0 Å². The van der Waals surface area contributed by atoms with Gasteiger partial charge in [-0.15, -0.1) is 0 Å². The number of ether oxygens (including phenoxy) is 1. The molecule has 4 bridgehead atoms. The SMILES string of the molecule is CCC(C)(C)C(=O)OC1(CC)CC2CC1C1C3CCC(C3)C21.CCC(C)c1ccc(O)cc1. The number of phenols is 1. The van der Waals surface area contributed by atoms with Gasteiger partial charge in [-0.1, -0.05) is 39.8 Å². The molecule has 4 fully saturated rings. The number of benzene rings is 1. The molecule has 0 heterocycles. The van der Waals surface area contributed by atoms with E-state index in [2.05, 4.69) is 27.7 Å². The average molecular weight is 455 g/mol. The van der Waals surface area contributed by atoms with E-state index in [0.29, 0.717) is 17.6 Å². The van der Waals surface area contributed by atoms with E-state index < -0.39 is 0 Å². The van der Waals surface area contributed by atoms with E-state index in [4.69, 9.17) is 9.84 Å². The number of carbonyl (C=O) groups excluding carboxylic acids is 1. The van der Waals surface area contributed by atoms with Crippen LogP contribution in [0, 0.1) is 40.9 Å². The lowest BCUT2D eigenvalue weighted by Gasteiger charge is -2.46. The standard InChI is InChI=1S/C20H32O2.C10H14O/c1-5-19(3,4)18(21)22-20(6-2)11-14-10-15(20)17-13-8-7-12(9-13)16(14)17;1-3-8(2)9-4-6-10(11)7-5-9/h12-17H,5-11H2,1-4H3;4-8,11H,3H2,1-2H3. The lowest BCUT2D eigenvalue weighted by Crippen LogP contribution is -2.49. The Morgan fingerprint density at radius 1 is 1.06 bits per heavy atom. The third-order valence-electron chi connectivity index (χ3n) is 10.3. The van der Waals surface area contributed by atoms with Crippen molar-refractivity contribution in [3.63, 3.8) is 0 Å². The lowest BCUT2D eigenvalue weighted by molar-refractivity contribution is -0.183. The molecule has 4 aliphatic carbocycles. The summed E-state index contributed by atoms with van der Waals surface area (Å²) < 4.78 is 6.31. The molecule has 8 atom stereocenters. The van der Waals surface area contributed by atoms with Gasteiger partial charge in [-0.3, -0.25) is 4.79 Å². The highest BCUT2D eigenvalue weighted by atomic mass is 16.6. The highest BCUT2D eigenvalue weighted by molar-refractivity contribution is 5.76. The minimum absolute atomic E-state index is 0.0455. The van der Waals surface area contributed by atoms with Crippen LogP contribution in [0.5, 0.6) is 5.75 Å². The lowest BCUT2D eigenvalue weighted by atomic mass is 9.65. The number of esters is 1. The second kappa shape index (κ2) is 9.27. The summed E-state index contributed by atoms with van der Waals surface area (Å²) in [4.78, 5) is 12.7. The van der Waals surface area contributed by atoms with Crippen LogP contribution >= 0.6 is 0 Å². The van der Waals surface area contributed by atoms with Crippen molar-refractivity contribution in [2.75, 3.05) is 0 Å². The quantitative estimate of drug-likeness (QED) is 0.353. The molecule has 5 rings (SSSR count). The van der Waals surface area contributed by atoms with Crippen LogP contribution in [0.2, 0.25) is 0 Å². The molecule has 0 aliphatic heterocycles. The molecule has 0 radical (unpaired) electrons. The van der Waals surface area contributed by atoms with Gasteiger partial charge >= 0.3 is 5.97 Å². The fraction of sp³-hybridized carbons (Fsp3) is 0.767. The Morgan fingerprint density at radius 2 is 1.70 bits per heavy atom. The van der Waals surface area contributed by atoms with Crippen molar-refractivity contribution in [3.05, 3.63) is 29.8 Å². The molecule has 8 unspecified atom stereocenters. The van der Waals surface area contributed by atoms with E-state index in [0.717, 1.165) is 55.3 Å². The molecule has 0 aromatic heterocycles. The van der Waals surface area contributed by atoms with E-state index in [1.165, 1.54) is 31.2 Å². The summed E-state index contributed by atoms with van der Waals surface area (Å²) in [5.41, 5.74) is 0.836. The zero-order valence-electron chi connectivity index (χ0n) is 21.8. The molecule has 0 saturated heterocycles. The maximum atomic E-state index is 12.7. The van der Waals surface area contributed by atoms with Gasteiger partial charge in [-0.2, -0.15) is 0 Å². The third kappa shape index (κ3) is 4.34. The Hall–Kier alpha value is -1.51. The Kier molecular flexibility index (Phi) is 6.91. The van der Waals surface area contributed by atoms with Crippen LogP contribution in [0.1, 0.15) is 104 Å². The molecule has 1 N–H and O–H groups in total. The Bertz CT molecular complexity index is 827. The van der Waals surface area contributed by atoms with E-state index >= 15 is 0 Å². The Balaban J connectivity index is 0.000000200. The van der Waals surface area contributed by atoms with Gasteiger partial charge in [0.1, 0.15) is 11.4 Å². The summed E-state index contributed by atoms with van der Waals surface area (Å²) in [7, 11) is 0. The van der Waals surface area contributed by atoms with Crippen LogP contribution in [0.3, 0.4) is 0 Å². The Labute approximate surface area is 201 Å². The molecule has 1 aromatic rings. The first-order valence-corrected chi connectivity index (χ1v) is 13.7. The van der Waals surface area contributed by atoms with Gasteiger partial charge in [0.25, 0.3) is 0 Å². The summed E-state index contributed by atoms with van der Waals surface area (Å²) in [5.74, 6) is 6.34. The zero-order chi connectivity index (χ0) is 24.0. The van der Waals surface area contributed by atoms with Crippen molar-refractivity contribution in [3.8, 4) is 5.75 Å². The van der Waals surface area contributed by atoms with E-state index in [1.807, 2.05) is 26.0 Å². The van der Waals surface area contributed by atoms with Gasteiger partial charge in [0.05, 0.1) is 5.41 Å². The van der Waals surface area contributed by atoms with Gasteiger partial charge in [-0.25, -0.2) is 0 Å². The second-order valence-corrected chi connectivity index (χ2v) is 12.2. The molecule has 1 aromatic carbocycles. The molecule has 4 aliphatic rings. The number of hydrogen-bond acceptors (Lipinski definition) is 3. The number of rotatable bonds is 6. The van der Waals surface area contributed by atoms with Crippen molar-refractivity contribution < 1.29 is 14.6 Å². The minimum atomic E-state index is -0.335. The largest absolute Gasteiger partial charge is 0.508 e. The summed E-state index contributed by atoms with van der Waals surface area (Å²) in [6.07, 6.45) is 9.93. The summed E-state index contributed by atoms with van der Waals surface area (Å²) >= 11 is 0. The number of carbonyl (C=O) groups is 1. The van der Waals surface area contributed by atoms with E-state index in [1.54, 1.807) is 12.1 Å². The summed E-state index contributed by atoms with van der Waals surface area (Å²) in [5, 5.41) is 9.01. The smallest absolute Gasteiger partial charge is 0.312 e. The van der Waals surface area contributed by atoms with Crippen LogP contribution < -0.4 is 0 Å². The number of hydrogen-bond donors (Lipinski definition) is 1. The number of phenolic OH excluding ortho intramolecular Hbond substituents is 1. The summed E-state index contributed by atoms with van der Waals surface area (Å²) in [6, 6.07) is 7.43. The van der Waals surface area contributed by atoms with Crippen molar-refractivity contribution in [1.82, 2.24) is 0 Å². The molecule has 184 valence electrons. The average Bonchev–Trinajstić information content (AvgIpc) is 3.59. The highest BCUT2D eigenvalue weighted by Gasteiger charge is 2.67. The molecule has 33 heavy (non-hydrogen) atoms. The molecule has 3 nitrogen and oxygen atoms in total. The molecule has 3 heteroatoms. The molecule has 4 saturated carbocycles. The van der Waals surface area contributed by atoms with Crippen LogP contribution in [0.4, 0.5) is 0 Å². The predicted molar refractivity (Wildman–Crippen MR) is 134 cm³/mol. The molecule has 0 spiro atoms. The Morgan fingerprint density at radius 3 is 2.27 bits per heavy atom. The summed E-state index contributed by atoms with van der Waals surface area (Å²) in [6.45, 7) is 12.8. The van der Waals surface area contributed by atoms with Crippen molar-refractivity contribution >= 4 is 5.97 Å². The van der Waals surface area contributed by atoms with Gasteiger partial charge < -0.3 is 9.84 Å². The van der Waals surface area contributed by atoms with Crippen molar-refractivity contribution in [1.29, 1.82) is 0 Å². The van der Waals surface area contributed by atoms with Crippen LogP contribution in [0.25, 0.3) is 0 Å². The first-order valence-electron chi connectivity index (χ1n) is 13.7. The first kappa shape index (κ1) is 24.6. The van der Waals surface area contributed by atoms with E-state index in [-0.39, 0.29) is 17.0 Å². The van der Waals surface area contributed by atoms with Crippen LogP contribution in [0.15, 0.2) is 24.3 Å². The van der Waals surface area contributed by atoms with Gasteiger partial charge in [0, 0.05) is 5.92 Å². The molecular weight excluding hydrogens is 408 g/mol. The minimum Gasteiger partial charge on any atom is -0.508 e. The van der Waals surface area contributed by atoms with Crippen LogP contribution in [-0.4, -0.2) is 16.7 Å². The predicted octanol–water partition coefficient (Wildman–Crippen LogP) is 7.72. The normalized spacial score (nSPS) is 36.8. The number of aromatic hydroxyl groups is 1. The fourth-order valence-electron chi connectivity index (χ4n) is 7.80. The van der Waals surface area contributed by atoms with Gasteiger partial charge in [0.2, 0.25) is 0 Å². The topological polar surface area (TPSA) is 46.5 Å². The van der Waals surface area contributed by atoms with E-state index in [9.17, 15) is 4.79 Å². The first-order chi connectivity index (χ1) is 15.7. The van der Waals surface area contributed by atoms with Crippen LogP contribution in [-0.2, 0) is 9.53 Å². The van der Waals surface area contributed by atoms with Crippen molar-refractivity contribution in [2.45, 2.75) is 104 Å². The number of fused-ring (bicyclic) bond motifs is 9. The highest BCUT2D eigenvalue weighted by Crippen LogP contribution is 2.71. The van der Waals surface area contributed by atoms with Crippen molar-refractivity contribution in [2.24, 2.45) is 40.9 Å². The monoisotopic (exact) mass is 454 g/mol. The maximum Gasteiger partial charge on any atom is 0.312 e.